The summed E-state index contributed by atoms with van der Waals surface area (Å²) in [4.78, 5) is 53.2. The van der Waals surface area contributed by atoms with Crippen LogP contribution in [0.4, 0.5) is 10.5 Å². The number of thioether (sulfide) groups is 1. The van der Waals surface area contributed by atoms with Gasteiger partial charge in [-0.3, -0.25) is 24.1 Å². The molecule has 1 N–H and O–H groups in total. The number of ether oxygens (including phenoxy) is 3. The summed E-state index contributed by atoms with van der Waals surface area (Å²) in [5.41, 5.74) is 3.39. The van der Waals surface area contributed by atoms with E-state index in [1.807, 2.05) is 39.0 Å². The maximum absolute atomic E-state index is 12.9. The lowest BCUT2D eigenvalue weighted by Crippen LogP contribution is -2.46. The number of morpholine rings is 1. The van der Waals surface area contributed by atoms with Gasteiger partial charge in [0.15, 0.2) is 18.1 Å². The van der Waals surface area contributed by atoms with Crippen molar-refractivity contribution < 1.29 is 33.4 Å². The SMILES string of the molecule is CCOc1cc(/C=C2\SC(=O)N(CC(=O)N3CCOCC3)C2=O)ccc1OCC(=O)Nc1cccc(C)c1C. The molecule has 4 amide bonds. The van der Waals surface area contributed by atoms with Crippen molar-refractivity contribution in [1.29, 1.82) is 0 Å². The second-order valence-corrected chi connectivity index (χ2v) is 9.98. The molecule has 2 fully saturated rings. The molecule has 206 valence electrons. The normalized spacial score (nSPS) is 16.5. The highest BCUT2D eigenvalue weighted by Crippen LogP contribution is 2.35. The molecule has 39 heavy (non-hydrogen) atoms. The number of imide groups is 1. The van der Waals surface area contributed by atoms with Gasteiger partial charge in [-0.2, -0.15) is 0 Å². The van der Waals surface area contributed by atoms with Gasteiger partial charge in [0.2, 0.25) is 5.91 Å². The van der Waals surface area contributed by atoms with E-state index in [4.69, 9.17) is 14.2 Å². The Morgan fingerprint density at radius 1 is 1.08 bits per heavy atom. The van der Waals surface area contributed by atoms with Gasteiger partial charge in [-0.25, -0.2) is 0 Å². The molecule has 0 spiro atoms. The first-order chi connectivity index (χ1) is 18.8. The Labute approximate surface area is 231 Å². The van der Waals surface area contributed by atoms with E-state index < -0.39 is 11.1 Å². The molecule has 2 saturated heterocycles. The summed E-state index contributed by atoms with van der Waals surface area (Å²) in [5, 5.41) is 2.36. The quantitative estimate of drug-likeness (QED) is 0.469. The Hall–Kier alpha value is -3.83. The summed E-state index contributed by atoms with van der Waals surface area (Å²) in [6, 6.07) is 10.7. The van der Waals surface area contributed by atoms with Crippen LogP contribution in [0.5, 0.6) is 11.5 Å². The highest BCUT2D eigenvalue weighted by atomic mass is 32.2. The number of carbonyl (C=O) groups excluding carboxylic acids is 4. The molecule has 0 unspecified atom stereocenters. The summed E-state index contributed by atoms with van der Waals surface area (Å²) in [7, 11) is 0. The van der Waals surface area contributed by atoms with Crippen molar-refractivity contribution in [3.8, 4) is 11.5 Å². The molecular formula is C28H31N3O7S. The second-order valence-electron chi connectivity index (χ2n) is 8.98. The van der Waals surface area contributed by atoms with Gasteiger partial charge >= 0.3 is 0 Å². The van der Waals surface area contributed by atoms with Crippen LogP contribution in [-0.2, 0) is 19.1 Å². The topological polar surface area (TPSA) is 114 Å². The van der Waals surface area contributed by atoms with Crippen LogP contribution in [0.15, 0.2) is 41.3 Å². The van der Waals surface area contributed by atoms with Gasteiger partial charge < -0.3 is 24.4 Å². The molecule has 2 aromatic carbocycles. The average molecular weight is 554 g/mol. The molecule has 0 aromatic heterocycles. The van der Waals surface area contributed by atoms with Crippen LogP contribution in [0, 0.1) is 13.8 Å². The fraction of sp³-hybridized carbons (Fsp3) is 0.357. The predicted octanol–water partition coefficient (Wildman–Crippen LogP) is 3.61. The Balaban J connectivity index is 1.41. The maximum Gasteiger partial charge on any atom is 0.294 e. The van der Waals surface area contributed by atoms with Gasteiger partial charge in [0.1, 0.15) is 6.54 Å². The van der Waals surface area contributed by atoms with Gasteiger partial charge in [0.05, 0.1) is 24.7 Å². The Morgan fingerprint density at radius 2 is 1.85 bits per heavy atom. The number of anilines is 1. The Morgan fingerprint density at radius 3 is 2.59 bits per heavy atom. The van der Waals surface area contributed by atoms with Crippen LogP contribution >= 0.6 is 11.8 Å². The molecule has 0 atom stereocenters. The van der Waals surface area contributed by atoms with Crippen LogP contribution in [0.3, 0.4) is 0 Å². The largest absolute Gasteiger partial charge is 0.490 e. The van der Waals surface area contributed by atoms with Crippen molar-refractivity contribution >= 4 is 46.5 Å². The molecule has 2 aromatic rings. The van der Waals surface area contributed by atoms with Crippen molar-refractivity contribution in [2.45, 2.75) is 20.8 Å². The number of hydrogen-bond acceptors (Lipinski definition) is 8. The van der Waals surface area contributed by atoms with Gasteiger partial charge in [0, 0.05) is 18.8 Å². The van der Waals surface area contributed by atoms with Crippen LogP contribution in [0.1, 0.15) is 23.6 Å². The zero-order valence-corrected chi connectivity index (χ0v) is 23.0. The van der Waals surface area contributed by atoms with Crippen molar-refractivity contribution in [2.24, 2.45) is 0 Å². The third-order valence-corrected chi connectivity index (χ3v) is 7.24. The van der Waals surface area contributed by atoms with Gasteiger partial charge in [0.25, 0.3) is 17.1 Å². The van der Waals surface area contributed by atoms with Crippen LogP contribution in [0.2, 0.25) is 0 Å². The lowest BCUT2D eigenvalue weighted by Gasteiger charge is -2.28. The minimum absolute atomic E-state index is 0.207. The standard InChI is InChI=1S/C28H31N3O7S/c1-4-37-23-14-20(8-9-22(23)38-17-25(32)29-21-7-5-6-18(2)19(21)3)15-24-27(34)31(28(35)39-24)16-26(33)30-10-12-36-13-11-30/h5-9,14-15H,4,10-13,16-17H2,1-3H3,(H,29,32)/b24-15-. The predicted molar refractivity (Wildman–Crippen MR) is 148 cm³/mol. The van der Waals surface area contributed by atoms with E-state index in [0.717, 1.165) is 33.5 Å². The maximum atomic E-state index is 12.9. The summed E-state index contributed by atoms with van der Waals surface area (Å²) in [6.45, 7) is 7.32. The van der Waals surface area contributed by atoms with Crippen molar-refractivity contribution in [1.82, 2.24) is 9.80 Å². The number of nitrogens with zero attached hydrogens (tertiary/aromatic N) is 2. The fourth-order valence-electron chi connectivity index (χ4n) is 4.05. The van der Waals surface area contributed by atoms with Crippen molar-refractivity contribution in [2.75, 3.05) is 51.4 Å². The lowest BCUT2D eigenvalue weighted by atomic mass is 10.1. The molecule has 0 bridgehead atoms. The lowest BCUT2D eigenvalue weighted by molar-refractivity contribution is -0.139. The molecular weight excluding hydrogens is 522 g/mol. The van der Waals surface area contributed by atoms with E-state index in [0.29, 0.717) is 50.0 Å². The zero-order chi connectivity index (χ0) is 27.9. The molecule has 2 aliphatic heterocycles. The van der Waals surface area contributed by atoms with Crippen LogP contribution in [0.25, 0.3) is 6.08 Å². The fourth-order valence-corrected chi connectivity index (χ4v) is 4.89. The number of nitrogens with one attached hydrogen (secondary N) is 1. The van der Waals surface area contributed by atoms with E-state index >= 15 is 0 Å². The summed E-state index contributed by atoms with van der Waals surface area (Å²) in [6.07, 6.45) is 1.57. The number of hydrogen-bond donors (Lipinski definition) is 1. The van der Waals surface area contributed by atoms with Gasteiger partial charge in [-0.1, -0.05) is 18.2 Å². The van der Waals surface area contributed by atoms with Crippen molar-refractivity contribution in [3.05, 3.63) is 58.0 Å². The van der Waals surface area contributed by atoms with E-state index in [-0.39, 0.29) is 29.9 Å². The highest BCUT2D eigenvalue weighted by molar-refractivity contribution is 8.18. The number of amides is 4. The molecule has 11 heteroatoms. The zero-order valence-electron chi connectivity index (χ0n) is 22.2. The molecule has 2 aliphatic rings. The van der Waals surface area contributed by atoms with Crippen LogP contribution in [-0.4, -0.2) is 78.8 Å². The molecule has 10 nitrogen and oxygen atoms in total. The number of rotatable bonds is 9. The van der Waals surface area contributed by atoms with Crippen molar-refractivity contribution in [3.63, 3.8) is 0 Å². The van der Waals surface area contributed by atoms with E-state index in [1.165, 1.54) is 0 Å². The van der Waals surface area contributed by atoms with Crippen LogP contribution < -0.4 is 14.8 Å². The third kappa shape index (κ3) is 6.98. The summed E-state index contributed by atoms with van der Waals surface area (Å²) >= 11 is 0.784. The minimum atomic E-state index is -0.520. The Kier molecular flexibility index (Phi) is 9.26. The first kappa shape index (κ1) is 28.2. The molecule has 0 saturated carbocycles. The molecule has 4 rings (SSSR count). The number of benzene rings is 2. The summed E-state index contributed by atoms with van der Waals surface area (Å²) in [5.74, 6) is -0.353. The van der Waals surface area contributed by atoms with Gasteiger partial charge in [-0.05, 0) is 73.5 Å². The number of carbonyl (C=O) groups is 4. The first-order valence-electron chi connectivity index (χ1n) is 12.6. The van der Waals surface area contributed by atoms with E-state index in [9.17, 15) is 19.2 Å². The molecule has 0 radical (unpaired) electrons. The highest BCUT2D eigenvalue weighted by Gasteiger charge is 2.37. The monoisotopic (exact) mass is 553 g/mol. The first-order valence-corrected chi connectivity index (χ1v) is 13.4. The van der Waals surface area contributed by atoms with E-state index in [1.54, 1.807) is 29.2 Å². The molecule has 2 heterocycles. The third-order valence-electron chi connectivity index (χ3n) is 6.33. The van der Waals surface area contributed by atoms with Gasteiger partial charge in [-0.15, -0.1) is 0 Å². The smallest absolute Gasteiger partial charge is 0.294 e. The van der Waals surface area contributed by atoms with E-state index in [2.05, 4.69) is 5.32 Å². The summed E-state index contributed by atoms with van der Waals surface area (Å²) < 4.78 is 16.7. The average Bonchev–Trinajstić information content (AvgIpc) is 3.18. The second kappa shape index (κ2) is 12.8. The minimum Gasteiger partial charge on any atom is -0.490 e. The Bertz CT molecular complexity index is 1300. The molecule has 0 aliphatic carbocycles. The number of aryl methyl sites for hydroxylation is 1.